The zero-order valence-corrected chi connectivity index (χ0v) is 52.7. The number of hydrogen-bond donors (Lipinski definition) is 0. The van der Waals surface area contributed by atoms with Crippen LogP contribution in [-0.2, 0) is 33.6 Å². The SMILES string of the molecule is Cn1c(-c2ccc(C(c3ccc(-c4nc5c6cccnc6c6ncccc6c5n4C)cc3)(c3ccc(-c4nc5c6cccnc6c6ncccc6c5n4C)cc3)c3ccc(-c4nc5c6cccnc6c6ncccc6c5n4C)cc3)cc2)nc2c3cccnc3c3ncccc3c21. The summed E-state index contributed by atoms with van der Waals surface area (Å²) in [5.74, 6) is 3.30. The van der Waals surface area contributed by atoms with E-state index < -0.39 is 5.41 Å². The quantitative estimate of drug-likeness (QED) is 0.104. The second kappa shape index (κ2) is 20.5. The van der Waals surface area contributed by atoms with E-state index in [1.807, 2.05) is 98.1 Å². The molecule has 0 N–H and O–H groups in total. The maximum absolute atomic E-state index is 5.46. The molecule has 8 aromatic carbocycles. The molecule has 456 valence electrons. The Morgan fingerprint density at radius 2 is 0.381 bits per heavy atom. The van der Waals surface area contributed by atoms with Crippen molar-refractivity contribution in [3.63, 3.8) is 0 Å². The molecule has 0 aliphatic rings. The average molecular weight is 1250 g/mol. The molecule has 12 aromatic heterocycles. The van der Waals surface area contributed by atoms with Crippen LogP contribution in [0.1, 0.15) is 22.3 Å². The van der Waals surface area contributed by atoms with Crippen LogP contribution in [0.2, 0.25) is 0 Å². The molecule has 0 saturated carbocycles. The van der Waals surface area contributed by atoms with Gasteiger partial charge in [-0.25, -0.2) is 19.9 Å². The van der Waals surface area contributed by atoms with Gasteiger partial charge in [0, 0.05) is 143 Å². The fraction of sp³-hybridized carbons (Fsp3) is 0.0617. The summed E-state index contributed by atoms with van der Waals surface area (Å²) in [6, 6.07) is 68.6. The third kappa shape index (κ3) is 7.62. The third-order valence-electron chi connectivity index (χ3n) is 20.1. The molecule has 0 unspecified atom stereocenters. The Hall–Kier alpha value is -13.1. The first kappa shape index (κ1) is 54.5. The van der Waals surface area contributed by atoms with Crippen molar-refractivity contribution in [2.24, 2.45) is 28.2 Å². The van der Waals surface area contributed by atoms with Crippen LogP contribution in [0.4, 0.5) is 0 Å². The van der Waals surface area contributed by atoms with E-state index in [4.69, 9.17) is 59.8 Å². The Bertz CT molecular complexity index is 5910. The number of hydrogen-bond acceptors (Lipinski definition) is 12. The highest BCUT2D eigenvalue weighted by molar-refractivity contribution is 6.24. The second-order valence-electron chi connectivity index (χ2n) is 25.0. The monoisotopic (exact) mass is 1250 g/mol. The van der Waals surface area contributed by atoms with E-state index >= 15 is 0 Å². The van der Waals surface area contributed by atoms with Gasteiger partial charge in [0.15, 0.2) is 0 Å². The second-order valence-corrected chi connectivity index (χ2v) is 25.0. The Morgan fingerprint density at radius 3 is 0.577 bits per heavy atom. The molecular weight excluding hydrogens is 1200 g/mol. The smallest absolute Gasteiger partial charge is 0.140 e. The minimum atomic E-state index is -0.966. The molecule has 16 heteroatoms. The van der Waals surface area contributed by atoms with Crippen molar-refractivity contribution in [2.45, 2.75) is 5.41 Å². The summed E-state index contributed by atoms with van der Waals surface area (Å²) >= 11 is 0. The largest absolute Gasteiger partial charge is 0.327 e. The van der Waals surface area contributed by atoms with Crippen LogP contribution in [0, 0.1) is 0 Å². The lowest BCUT2D eigenvalue weighted by Crippen LogP contribution is -2.31. The van der Waals surface area contributed by atoms with Gasteiger partial charge in [-0.05, 0) is 119 Å². The lowest BCUT2D eigenvalue weighted by atomic mass is 9.64. The van der Waals surface area contributed by atoms with Crippen LogP contribution in [-0.4, -0.2) is 78.1 Å². The standard InChI is InChI=1S/C81H52N16/c1-94-73-57-17-9-41-86-65(57)61-53(13-5-37-82-61)69(73)90-77(94)45-21-29-49(30-22-45)81(50-31-23-46(24-32-50)78-91-70-54-14-6-38-83-62(54)66-58(18-10-42-87-66)74(70)95(78)2,51-33-25-47(26-34-51)79-92-71-55-15-7-39-84-63(55)67-59(19-11-43-88-67)75(71)96(79)3)52-35-27-48(28-36-52)80-93-72-56-16-8-40-85-64(56)68-60(20-12-44-89-68)76(72)97(80)4/h5-44H,1-4H3. The summed E-state index contributed by atoms with van der Waals surface area (Å²) in [6.07, 6.45) is 14.6. The van der Waals surface area contributed by atoms with Crippen LogP contribution in [0.25, 0.3) is 177 Å². The number of benzene rings is 8. The fourth-order valence-electron chi connectivity index (χ4n) is 15.8. The van der Waals surface area contributed by atoms with Crippen molar-refractivity contribution >= 4 is 131 Å². The summed E-state index contributed by atoms with van der Waals surface area (Å²) in [6.45, 7) is 0. The van der Waals surface area contributed by atoms with Gasteiger partial charge in [0.25, 0.3) is 0 Å². The maximum Gasteiger partial charge on any atom is 0.140 e. The number of pyridine rings is 8. The molecule has 0 atom stereocenters. The lowest BCUT2D eigenvalue weighted by molar-refractivity contribution is 0.745. The van der Waals surface area contributed by atoms with Crippen molar-refractivity contribution in [2.75, 3.05) is 0 Å². The van der Waals surface area contributed by atoms with E-state index in [1.54, 1.807) is 0 Å². The molecular formula is C81H52N16. The van der Waals surface area contributed by atoms with E-state index in [9.17, 15) is 0 Å². The number of rotatable bonds is 8. The zero-order valence-electron chi connectivity index (χ0n) is 52.7. The van der Waals surface area contributed by atoms with Crippen molar-refractivity contribution in [1.29, 1.82) is 0 Å². The van der Waals surface area contributed by atoms with Crippen LogP contribution in [0.15, 0.2) is 244 Å². The van der Waals surface area contributed by atoms with Gasteiger partial charge >= 0.3 is 0 Å². The Kier molecular flexibility index (Phi) is 11.5. The third-order valence-corrected chi connectivity index (χ3v) is 20.1. The Morgan fingerprint density at radius 1 is 0.206 bits per heavy atom. The van der Waals surface area contributed by atoms with E-state index in [0.29, 0.717) is 0 Å². The fourth-order valence-corrected chi connectivity index (χ4v) is 15.8. The highest BCUT2D eigenvalue weighted by Crippen LogP contribution is 2.49. The van der Waals surface area contributed by atoms with Gasteiger partial charge in [-0.2, -0.15) is 0 Å². The average Bonchev–Trinajstić information content (AvgIpc) is 1.65. The number of nitrogens with zero attached hydrogens (tertiary/aromatic N) is 16. The molecule has 0 spiro atoms. The Labute approximate surface area is 551 Å². The van der Waals surface area contributed by atoms with Crippen molar-refractivity contribution in [3.05, 3.63) is 266 Å². The van der Waals surface area contributed by atoms with Gasteiger partial charge in [0.2, 0.25) is 0 Å². The molecule has 0 aliphatic carbocycles. The molecule has 0 bridgehead atoms. The van der Waals surface area contributed by atoms with Gasteiger partial charge in [-0.1, -0.05) is 97.1 Å². The first-order valence-electron chi connectivity index (χ1n) is 32.1. The molecule has 0 aliphatic heterocycles. The first-order chi connectivity index (χ1) is 47.8. The van der Waals surface area contributed by atoms with Crippen molar-refractivity contribution in [1.82, 2.24) is 78.1 Å². The minimum Gasteiger partial charge on any atom is -0.327 e. The van der Waals surface area contributed by atoms with Crippen LogP contribution >= 0.6 is 0 Å². The summed E-state index contributed by atoms with van der Waals surface area (Å²) in [5, 5.41) is 7.79. The molecule has 0 saturated heterocycles. The number of aromatic nitrogens is 16. The van der Waals surface area contributed by atoms with Crippen LogP contribution < -0.4 is 0 Å². The number of imidazole rings is 4. The topological polar surface area (TPSA) is 174 Å². The predicted molar refractivity (Wildman–Crippen MR) is 386 cm³/mol. The first-order valence-corrected chi connectivity index (χ1v) is 32.1. The molecule has 16 nitrogen and oxygen atoms in total. The van der Waals surface area contributed by atoms with E-state index in [1.165, 1.54) is 0 Å². The van der Waals surface area contributed by atoms with Gasteiger partial charge in [-0.15, -0.1) is 0 Å². The van der Waals surface area contributed by atoms with Crippen LogP contribution in [0.3, 0.4) is 0 Å². The summed E-state index contributed by atoms with van der Waals surface area (Å²) in [4.78, 5) is 60.6. The number of aryl methyl sites for hydroxylation is 4. The molecule has 20 rings (SSSR count). The lowest BCUT2D eigenvalue weighted by Gasteiger charge is -2.37. The van der Waals surface area contributed by atoms with Gasteiger partial charge in [0.1, 0.15) is 23.3 Å². The summed E-state index contributed by atoms with van der Waals surface area (Å²) < 4.78 is 8.79. The highest BCUT2D eigenvalue weighted by Gasteiger charge is 2.39. The molecule has 0 radical (unpaired) electrons. The predicted octanol–water partition coefficient (Wildman–Crippen LogP) is 16.7. The normalized spacial score (nSPS) is 12.3. The van der Waals surface area contributed by atoms with E-state index in [0.717, 1.165) is 199 Å². The Balaban J connectivity index is 0.817. The molecule has 20 aromatic rings. The van der Waals surface area contributed by atoms with Gasteiger partial charge in [0.05, 0.1) is 93.7 Å². The zero-order chi connectivity index (χ0) is 64.4. The summed E-state index contributed by atoms with van der Waals surface area (Å²) in [7, 11) is 8.38. The minimum absolute atomic E-state index is 0.824. The highest BCUT2D eigenvalue weighted by atomic mass is 15.1. The van der Waals surface area contributed by atoms with Gasteiger partial charge < -0.3 is 18.3 Å². The van der Waals surface area contributed by atoms with Gasteiger partial charge in [-0.3, -0.25) is 39.9 Å². The van der Waals surface area contributed by atoms with Crippen molar-refractivity contribution in [3.8, 4) is 45.6 Å². The molecule has 0 fully saturated rings. The maximum atomic E-state index is 5.46. The molecule has 97 heavy (non-hydrogen) atoms. The molecule has 0 amide bonds. The van der Waals surface area contributed by atoms with E-state index in [-0.39, 0.29) is 0 Å². The van der Waals surface area contributed by atoms with E-state index in [2.05, 4.69) is 192 Å². The number of fused-ring (bicyclic) bond motifs is 24. The van der Waals surface area contributed by atoms with Crippen LogP contribution in [0.5, 0.6) is 0 Å². The van der Waals surface area contributed by atoms with Crippen molar-refractivity contribution < 1.29 is 0 Å². The molecule has 12 heterocycles. The summed E-state index contributed by atoms with van der Waals surface area (Å²) in [5.41, 5.74) is 21.2.